The summed E-state index contributed by atoms with van der Waals surface area (Å²) in [6, 6.07) is 21.5. The zero-order valence-electron chi connectivity index (χ0n) is 26.1. The van der Waals surface area contributed by atoms with Crippen molar-refractivity contribution in [3.8, 4) is 39.9 Å². The lowest BCUT2D eigenvalue weighted by atomic mass is 9.74. The van der Waals surface area contributed by atoms with Crippen LogP contribution in [0.4, 0.5) is 0 Å². The Kier molecular flexibility index (Phi) is 8.59. The van der Waals surface area contributed by atoms with Crippen molar-refractivity contribution < 1.29 is 34.0 Å². The summed E-state index contributed by atoms with van der Waals surface area (Å²) in [6.07, 6.45) is 0.942. The van der Waals surface area contributed by atoms with Gasteiger partial charge in [-0.2, -0.15) is 0 Å². The van der Waals surface area contributed by atoms with Crippen LogP contribution in [-0.2, 0) is 28.9 Å². The van der Waals surface area contributed by atoms with Crippen LogP contribution in [0.1, 0.15) is 65.2 Å². The second kappa shape index (κ2) is 12.7. The van der Waals surface area contributed by atoms with E-state index in [1.807, 2.05) is 37.3 Å². The number of ether oxygens (including phenoxy) is 4. The molecule has 0 amide bonds. The van der Waals surface area contributed by atoms with E-state index in [0.29, 0.717) is 24.5 Å². The number of carbonyl (C=O) groups is 1. The van der Waals surface area contributed by atoms with Crippen molar-refractivity contribution in [1.82, 2.24) is 5.32 Å². The fourth-order valence-corrected chi connectivity index (χ4v) is 6.89. The number of fused-ring (bicyclic) bond motifs is 5. The third kappa shape index (κ3) is 5.78. The number of phenolic OH excluding ortho intramolecular Hbond substituents is 2. The van der Waals surface area contributed by atoms with Crippen molar-refractivity contribution in [1.29, 1.82) is 0 Å². The molecule has 4 aromatic rings. The molecule has 0 spiro atoms. The maximum absolute atomic E-state index is 12.1. The Morgan fingerprint density at radius 2 is 1.76 bits per heavy atom. The van der Waals surface area contributed by atoms with Gasteiger partial charge in [0.15, 0.2) is 11.5 Å². The Morgan fingerprint density at radius 1 is 0.978 bits per heavy atom. The lowest BCUT2D eigenvalue weighted by molar-refractivity contribution is -0.141. The van der Waals surface area contributed by atoms with Crippen LogP contribution in [0, 0.1) is 0 Å². The van der Waals surface area contributed by atoms with Crippen LogP contribution >= 0.6 is 0 Å². The average molecular weight is 610 g/mol. The first-order chi connectivity index (χ1) is 21.8. The van der Waals surface area contributed by atoms with E-state index in [1.165, 1.54) is 19.6 Å². The predicted molar refractivity (Wildman–Crippen MR) is 171 cm³/mol. The maximum Gasteiger partial charge on any atom is 0.302 e. The second-order valence-corrected chi connectivity index (χ2v) is 11.7. The number of hydrogen-bond acceptors (Lipinski definition) is 8. The summed E-state index contributed by atoms with van der Waals surface area (Å²) in [4.78, 5) is 12.1. The van der Waals surface area contributed by atoms with Gasteiger partial charge in [0.2, 0.25) is 0 Å². The molecule has 8 nitrogen and oxygen atoms in total. The summed E-state index contributed by atoms with van der Waals surface area (Å²) < 4.78 is 24.0. The highest BCUT2D eigenvalue weighted by atomic mass is 16.5. The largest absolute Gasteiger partial charge is 0.508 e. The Hall–Kier alpha value is -4.69. The molecule has 0 aromatic heterocycles. The summed E-state index contributed by atoms with van der Waals surface area (Å²) in [5.74, 6) is 1.32. The molecular formula is C37H39NO7. The average Bonchev–Trinajstić information content (AvgIpc) is 3.40. The summed E-state index contributed by atoms with van der Waals surface area (Å²) >= 11 is 0. The van der Waals surface area contributed by atoms with Crippen LogP contribution in [0.15, 0.2) is 66.7 Å². The predicted octanol–water partition coefficient (Wildman–Crippen LogP) is 6.55. The summed E-state index contributed by atoms with van der Waals surface area (Å²) in [6.45, 7) is 4.84. The summed E-state index contributed by atoms with van der Waals surface area (Å²) in [5.41, 5.74) is 7.91. The van der Waals surface area contributed by atoms with Crippen LogP contribution in [0.2, 0.25) is 0 Å². The number of esters is 1. The lowest BCUT2D eigenvalue weighted by Crippen LogP contribution is -2.20. The number of hydrogen-bond donors (Lipinski definition) is 3. The van der Waals surface area contributed by atoms with Gasteiger partial charge in [-0.05, 0) is 65.8 Å². The van der Waals surface area contributed by atoms with Crippen LogP contribution in [0.5, 0.6) is 28.7 Å². The Labute approximate surface area is 263 Å². The van der Waals surface area contributed by atoms with Gasteiger partial charge < -0.3 is 34.5 Å². The van der Waals surface area contributed by atoms with Gasteiger partial charge in [0, 0.05) is 41.8 Å². The molecule has 0 radical (unpaired) electrons. The van der Waals surface area contributed by atoms with Crippen LogP contribution in [0.3, 0.4) is 0 Å². The number of benzene rings is 4. The molecule has 0 saturated heterocycles. The molecular weight excluding hydrogens is 570 g/mol. The van der Waals surface area contributed by atoms with E-state index in [-0.39, 0.29) is 35.9 Å². The molecule has 3 N–H and O–H groups in total. The molecule has 1 aliphatic heterocycles. The smallest absolute Gasteiger partial charge is 0.302 e. The standard InChI is InChI=1S/C37H39NO7/c1-5-38-19-25-16-31(41)32(42-3)18-29(25)36-30(20-44-21(2)39)27-11-12-28-34-24(15-26(40)17-33(34)43-4)14-23(35(28)37(27)45-36)13-22-9-7-6-8-10-22/h6-12,15-18,23,30,36,38,40-41H,5,13-14,19-20H2,1-4H3. The van der Waals surface area contributed by atoms with Gasteiger partial charge >= 0.3 is 5.97 Å². The molecule has 6 rings (SSSR count). The minimum absolute atomic E-state index is 0.0417. The molecule has 8 heteroatoms. The molecule has 4 aromatic carbocycles. The zero-order valence-corrected chi connectivity index (χ0v) is 26.1. The van der Waals surface area contributed by atoms with E-state index in [2.05, 4.69) is 29.6 Å². The molecule has 45 heavy (non-hydrogen) atoms. The topological polar surface area (TPSA) is 106 Å². The number of aromatic hydroxyl groups is 2. The molecule has 0 fully saturated rings. The molecule has 3 atom stereocenters. The van der Waals surface area contributed by atoms with E-state index in [4.69, 9.17) is 18.9 Å². The van der Waals surface area contributed by atoms with E-state index >= 15 is 0 Å². The Balaban J connectivity index is 1.55. The first-order valence-electron chi connectivity index (χ1n) is 15.3. The first-order valence-corrected chi connectivity index (χ1v) is 15.3. The van der Waals surface area contributed by atoms with Crippen molar-refractivity contribution in [2.24, 2.45) is 0 Å². The molecule has 3 unspecified atom stereocenters. The Morgan fingerprint density at radius 3 is 2.47 bits per heavy atom. The van der Waals surface area contributed by atoms with Crippen molar-refractivity contribution in [2.75, 3.05) is 27.4 Å². The normalized spacial score (nSPS) is 17.9. The molecule has 2 aliphatic rings. The molecule has 0 bridgehead atoms. The minimum atomic E-state index is -0.505. The zero-order chi connectivity index (χ0) is 31.7. The van der Waals surface area contributed by atoms with Crippen LogP contribution in [-0.4, -0.2) is 43.6 Å². The quantitative estimate of drug-likeness (QED) is 0.174. The fraction of sp³-hybridized carbons (Fsp3) is 0.324. The third-order valence-electron chi connectivity index (χ3n) is 8.87. The van der Waals surface area contributed by atoms with Gasteiger partial charge in [-0.1, -0.05) is 49.4 Å². The molecule has 234 valence electrons. The maximum atomic E-state index is 12.1. The SMILES string of the molecule is CCNCc1cc(O)c(OC)cc1C1Oc2c(ccc3c2C(Cc2ccccc2)Cc2cc(O)cc(OC)c2-3)C1COC(C)=O. The highest BCUT2D eigenvalue weighted by Crippen LogP contribution is 2.57. The second-order valence-electron chi connectivity index (χ2n) is 11.7. The Bertz CT molecular complexity index is 1720. The van der Waals surface area contributed by atoms with Gasteiger partial charge in [0.1, 0.15) is 30.0 Å². The highest BCUT2D eigenvalue weighted by Gasteiger charge is 2.42. The lowest BCUT2D eigenvalue weighted by Gasteiger charge is -2.31. The van der Waals surface area contributed by atoms with Crippen molar-refractivity contribution >= 4 is 5.97 Å². The number of methoxy groups -OCH3 is 2. The molecule has 1 heterocycles. The van der Waals surface area contributed by atoms with E-state index in [0.717, 1.165) is 57.7 Å². The molecule has 0 saturated carbocycles. The van der Waals surface area contributed by atoms with E-state index in [9.17, 15) is 15.0 Å². The minimum Gasteiger partial charge on any atom is -0.508 e. The highest BCUT2D eigenvalue weighted by molar-refractivity contribution is 5.83. The fourth-order valence-electron chi connectivity index (χ4n) is 6.89. The van der Waals surface area contributed by atoms with Gasteiger partial charge in [-0.3, -0.25) is 4.79 Å². The van der Waals surface area contributed by atoms with Gasteiger partial charge in [-0.25, -0.2) is 0 Å². The van der Waals surface area contributed by atoms with E-state index < -0.39 is 6.10 Å². The number of rotatable bonds is 10. The third-order valence-corrected chi connectivity index (χ3v) is 8.87. The summed E-state index contributed by atoms with van der Waals surface area (Å²) in [5, 5.41) is 24.6. The number of phenols is 2. The van der Waals surface area contributed by atoms with Crippen LogP contribution in [0.25, 0.3) is 11.1 Å². The summed E-state index contributed by atoms with van der Waals surface area (Å²) in [7, 11) is 3.14. The monoisotopic (exact) mass is 609 g/mol. The number of nitrogens with one attached hydrogen (secondary N) is 1. The van der Waals surface area contributed by atoms with Crippen molar-refractivity contribution in [3.63, 3.8) is 0 Å². The van der Waals surface area contributed by atoms with Crippen molar-refractivity contribution in [2.45, 2.75) is 51.2 Å². The van der Waals surface area contributed by atoms with Gasteiger partial charge in [-0.15, -0.1) is 0 Å². The first kappa shape index (κ1) is 30.3. The van der Waals surface area contributed by atoms with Crippen molar-refractivity contribution in [3.05, 3.63) is 100 Å². The van der Waals surface area contributed by atoms with Gasteiger partial charge in [0.05, 0.1) is 20.1 Å². The number of carbonyl (C=O) groups excluding carboxylic acids is 1. The van der Waals surface area contributed by atoms with Crippen LogP contribution < -0.4 is 19.5 Å². The van der Waals surface area contributed by atoms with E-state index in [1.54, 1.807) is 19.2 Å². The molecule has 1 aliphatic carbocycles. The van der Waals surface area contributed by atoms with Gasteiger partial charge in [0.25, 0.3) is 0 Å².